The zero-order valence-corrected chi connectivity index (χ0v) is 21.2. The van der Waals surface area contributed by atoms with E-state index < -0.39 is 34.4 Å². The molecule has 0 heterocycles. The van der Waals surface area contributed by atoms with Crippen molar-refractivity contribution in [2.24, 2.45) is 0 Å². The smallest absolute Gasteiger partial charge is 0.207 e. The molecule has 0 aliphatic heterocycles. The van der Waals surface area contributed by atoms with Crippen LogP contribution in [0, 0.1) is 24.4 Å². The van der Waals surface area contributed by atoms with Crippen molar-refractivity contribution in [1.29, 1.82) is 0 Å². The van der Waals surface area contributed by atoms with Crippen molar-refractivity contribution in [3.05, 3.63) is 69.5 Å². The van der Waals surface area contributed by atoms with Gasteiger partial charge in [0.05, 0.1) is 5.56 Å². The molecule has 0 aliphatic rings. The SMILES string of the molecule is CC(C)(C)c1ccc(F)c(C(C)(C)C)c1F.Cc1c(C(C)(C)C)ccc(F)c1C(C)(F)F. The maximum absolute atomic E-state index is 14.3. The number of hydrogen-bond acceptors (Lipinski definition) is 0. The Morgan fingerprint density at radius 2 is 0.906 bits per heavy atom. The fourth-order valence-electron chi connectivity index (χ4n) is 3.85. The average Bonchev–Trinajstić information content (AvgIpc) is 2.50. The van der Waals surface area contributed by atoms with Crippen molar-refractivity contribution in [3.63, 3.8) is 0 Å². The lowest BCUT2D eigenvalue weighted by Gasteiger charge is -2.26. The predicted molar refractivity (Wildman–Crippen MR) is 123 cm³/mol. The van der Waals surface area contributed by atoms with Crippen LogP contribution in [0.1, 0.15) is 97.1 Å². The van der Waals surface area contributed by atoms with Gasteiger partial charge < -0.3 is 0 Å². The molecule has 0 spiro atoms. The van der Waals surface area contributed by atoms with E-state index in [0.717, 1.165) is 18.6 Å². The predicted octanol–water partition coefficient (Wildman–Crippen LogP) is 9.10. The van der Waals surface area contributed by atoms with Gasteiger partial charge in [0.25, 0.3) is 5.92 Å². The third-order valence-corrected chi connectivity index (χ3v) is 5.31. The van der Waals surface area contributed by atoms with E-state index in [-0.39, 0.29) is 16.4 Å². The molecule has 2 aromatic rings. The van der Waals surface area contributed by atoms with Gasteiger partial charge in [0.2, 0.25) is 0 Å². The van der Waals surface area contributed by atoms with Crippen LogP contribution < -0.4 is 0 Å². The Morgan fingerprint density at radius 1 is 0.531 bits per heavy atom. The van der Waals surface area contributed by atoms with E-state index in [1.165, 1.54) is 6.07 Å². The van der Waals surface area contributed by atoms with Crippen LogP contribution in [0.15, 0.2) is 24.3 Å². The number of alkyl halides is 2. The first kappa shape index (κ1) is 28.1. The molecule has 32 heavy (non-hydrogen) atoms. The largest absolute Gasteiger partial charge is 0.273 e. The minimum Gasteiger partial charge on any atom is -0.207 e. The highest BCUT2D eigenvalue weighted by atomic mass is 19.3. The molecule has 180 valence electrons. The summed E-state index contributed by atoms with van der Waals surface area (Å²) in [6.07, 6.45) is 0. The molecule has 0 aliphatic carbocycles. The van der Waals surface area contributed by atoms with E-state index >= 15 is 0 Å². The van der Waals surface area contributed by atoms with Crippen molar-refractivity contribution < 1.29 is 22.0 Å². The Morgan fingerprint density at radius 3 is 1.25 bits per heavy atom. The third kappa shape index (κ3) is 6.55. The van der Waals surface area contributed by atoms with Gasteiger partial charge in [-0.25, -0.2) is 22.0 Å². The Kier molecular flexibility index (Phi) is 8.04. The van der Waals surface area contributed by atoms with Crippen LogP contribution in [-0.4, -0.2) is 0 Å². The molecule has 0 aromatic heterocycles. The lowest BCUT2D eigenvalue weighted by atomic mass is 9.80. The Bertz CT molecular complexity index is 867. The lowest BCUT2D eigenvalue weighted by Crippen LogP contribution is -2.21. The highest BCUT2D eigenvalue weighted by Gasteiger charge is 2.33. The maximum Gasteiger partial charge on any atom is 0.273 e. The fourth-order valence-corrected chi connectivity index (χ4v) is 3.85. The highest BCUT2D eigenvalue weighted by molar-refractivity contribution is 5.41. The first-order chi connectivity index (χ1) is 14.1. The summed E-state index contributed by atoms with van der Waals surface area (Å²) in [4.78, 5) is 0. The van der Waals surface area contributed by atoms with Gasteiger partial charge in [0.1, 0.15) is 17.5 Å². The summed E-state index contributed by atoms with van der Waals surface area (Å²) in [5, 5.41) is 0. The lowest BCUT2D eigenvalue weighted by molar-refractivity contribution is 0.0129. The molecule has 0 unspecified atom stereocenters. The van der Waals surface area contributed by atoms with Gasteiger partial charge in [-0.15, -0.1) is 0 Å². The standard InChI is InChI=1S/C14H20F2.C13H17F3/c1-13(2,3)9-7-8-10(15)11(12(9)16)14(4,5)6;1-8-9(12(2,3)4)6-7-10(14)11(8)13(5,15)16/h7-8H,1-6H3;6-7H,1-5H3. The maximum atomic E-state index is 14.3. The molecule has 0 saturated carbocycles. The Hall–Kier alpha value is -1.91. The molecular formula is C27H37F5. The molecule has 0 amide bonds. The van der Waals surface area contributed by atoms with E-state index in [4.69, 9.17) is 0 Å². The second-order valence-electron chi connectivity index (χ2n) is 11.5. The van der Waals surface area contributed by atoms with Crippen molar-refractivity contribution in [1.82, 2.24) is 0 Å². The van der Waals surface area contributed by atoms with Crippen LogP contribution in [0.4, 0.5) is 22.0 Å². The van der Waals surface area contributed by atoms with Gasteiger partial charge in [-0.3, -0.25) is 0 Å². The van der Waals surface area contributed by atoms with E-state index in [9.17, 15) is 22.0 Å². The molecule has 0 N–H and O–H groups in total. The summed E-state index contributed by atoms with van der Waals surface area (Å²) in [6, 6.07) is 5.62. The Labute approximate surface area is 190 Å². The van der Waals surface area contributed by atoms with E-state index in [1.54, 1.807) is 19.1 Å². The first-order valence-electron chi connectivity index (χ1n) is 10.8. The van der Waals surface area contributed by atoms with Crippen molar-refractivity contribution in [2.75, 3.05) is 0 Å². The highest BCUT2D eigenvalue weighted by Crippen LogP contribution is 2.37. The fraction of sp³-hybridized carbons (Fsp3) is 0.556. The molecule has 0 radical (unpaired) electrons. The van der Waals surface area contributed by atoms with E-state index in [2.05, 4.69) is 0 Å². The molecule has 0 atom stereocenters. The second-order valence-corrected chi connectivity index (χ2v) is 11.5. The van der Waals surface area contributed by atoms with Gasteiger partial charge in [0.15, 0.2) is 0 Å². The summed E-state index contributed by atoms with van der Waals surface area (Å²) in [7, 11) is 0. The summed E-state index contributed by atoms with van der Waals surface area (Å²) in [5.74, 6) is -4.84. The van der Waals surface area contributed by atoms with Crippen molar-refractivity contribution in [3.8, 4) is 0 Å². The molecule has 0 nitrogen and oxygen atoms in total. The van der Waals surface area contributed by atoms with Gasteiger partial charge in [-0.1, -0.05) is 74.4 Å². The van der Waals surface area contributed by atoms with Gasteiger partial charge in [0, 0.05) is 12.5 Å². The van der Waals surface area contributed by atoms with Gasteiger partial charge in [-0.05, 0) is 52.0 Å². The van der Waals surface area contributed by atoms with Crippen LogP contribution in [0.2, 0.25) is 0 Å². The summed E-state index contributed by atoms with van der Waals surface area (Å²) >= 11 is 0. The molecule has 5 heteroatoms. The Balaban J connectivity index is 0.000000320. The zero-order valence-electron chi connectivity index (χ0n) is 21.2. The summed E-state index contributed by atoms with van der Waals surface area (Å²) in [6.45, 7) is 19.3. The molecule has 2 aromatic carbocycles. The molecule has 2 rings (SSSR count). The van der Waals surface area contributed by atoms with Crippen LogP contribution in [0.25, 0.3) is 0 Å². The number of rotatable bonds is 1. The third-order valence-electron chi connectivity index (χ3n) is 5.31. The summed E-state index contributed by atoms with van der Waals surface area (Å²) < 4.78 is 68.0. The van der Waals surface area contributed by atoms with Crippen molar-refractivity contribution >= 4 is 0 Å². The molecule has 0 saturated heterocycles. The van der Waals surface area contributed by atoms with E-state index in [0.29, 0.717) is 11.1 Å². The normalized spacial score (nSPS) is 13.0. The monoisotopic (exact) mass is 456 g/mol. The molecule has 0 bridgehead atoms. The summed E-state index contributed by atoms with van der Waals surface area (Å²) in [5.41, 5.74) is 0.273. The van der Waals surface area contributed by atoms with Crippen molar-refractivity contribution in [2.45, 2.75) is 98.3 Å². The number of benzene rings is 2. The topological polar surface area (TPSA) is 0 Å². The minimum absolute atomic E-state index is 0.180. The second kappa shape index (κ2) is 9.15. The quantitative estimate of drug-likeness (QED) is 0.375. The van der Waals surface area contributed by atoms with Crippen LogP contribution in [-0.2, 0) is 22.2 Å². The minimum atomic E-state index is -3.14. The number of halogens is 5. The average molecular weight is 457 g/mol. The zero-order chi connectivity index (χ0) is 25.4. The molecular weight excluding hydrogens is 419 g/mol. The van der Waals surface area contributed by atoms with Gasteiger partial charge in [-0.2, -0.15) is 0 Å². The van der Waals surface area contributed by atoms with Crippen LogP contribution in [0.3, 0.4) is 0 Å². The van der Waals surface area contributed by atoms with E-state index in [1.807, 2.05) is 62.3 Å². The number of hydrogen-bond donors (Lipinski definition) is 0. The first-order valence-corrected chi connectivity index (χ1v) is 10.8. The van der Waals surface area contributed by atoms with Crippen LogP contribution in [0.5, 0.6) is 0 Å². The van der Waals surface area contributed by atoms with Gasteiger partial charge >= 0.3 is 0 Å². The molecule has 0 fully saturated rings. The van der Waals surface area contributed by atoms with Crippen LogP contribution >= 0.6 is 0 Å².